The first-order valence-electron chi connectivity index (χ1n) is 5.83. The molecule has 0 saturated carbocycles. The molecule has 2 aromatic rings. The second kappa shape index (κ2) is 4.07. The molecule has 1 aliphatic carbocycles. The van der Waals surface area contributed by atoms with E-state index in [1.165, 1.54) is 35.4 Å². The van der Waals surface area contributed by atoms with Crippen molar-refractivity contribution in [1.29, 1.82) is 0 Å². The van der Waals surface area contributed by atoms with Crippen molar-refractivity contribution in [1.82, 2.24) is 15.2 Å². The van der Waals surface area contributed by atoms with E-state index in [0.29, 0.717) is 5.13 Å². The van der Waals surface area contributed by atoms with Gasteiger partial charge in [-0.3, -0.25) is 4.98 Å². The lowest BCUT2D eigenvalue weighted by Crippen LogP contribution is -2.07. The second-order valence-electron chi connectivity index (χ2n) is 4.38. The average molecular weight is 246 g/mol. The molecular weight excluding hydrogens is 232 g/mol. The fourth-order valence-electron chi connectivity index (χ4n) is 2.30. The lowest BCUT2D eigenvalue weighted by Gasteiger charge is -2.16. The van der Waals surface area contributed by atoms with E-state index in [2.05, 4.69) is 16.3 Å². The van der Waals surface area contributed by atoms with Crippen LogP contribution in [0.2, 0.25) is 0 Å². The van der Waals surface area contributed by atoms with Crippen molar-refractivity contribution in [3.63, 3.8) is 0 Å². The standard InChI is InChI=1S/C12H14N4S/c1-7-9(11-15-16-12(13)17-11)6-8-4-2-3-5-10(8)14-7/h6H,2-5H2,1H3,(H2,13,16). The quantitative estimate of drug-likeness (QED) is 0.839. The topological polar surface area (TPSA) is 64.7 Å². The largest absolute Gasteiger partial charge is 0.374 e. The first kappa shape index (κ1) is 10.7. The van der Waals surface area contributed by atoms with Gasteiger partial charge in [-0.1, -0.05) is 11.3 Å². The summed E-state index contributed by atoms with van der Waals surface area (Å²) in [7, 11) is 0. The number of nitrogens with two attached hydrogens (primary N) is 1. The highest BCUT2D eigenvalue weighted by molar-refractivity contribution is 7.18. The smallest absolute Gasteiger partial charge is 0.203 e. The van der Waals surface area contributed by atoms with Crippen molar-refractivity contribution in [2.75, 3.05) is 5.73 Å². The van der Waals surface area contributed by atoms with E-state index in [4.69, 9.17) is 10.7 Å². The Morgan fingerprint density at radius 2 is 2.06 bits per heavy atom. The summed E-state index contributed by atoms with van der Waals surface area (Å²) in [5.41, 5.74) is 10.4. The minimum Gasteiger partial charge on any atom is -0.374 e. The summed E-state index contributed by atoms with van der Waals surface area (Å²) < 4.78 is 0. The molecule has 0 unspecified atom stereocenters. The number of nitrogen functional groups attached to an aromatic ring is 1. The number of aromatic nitrogens is 3. The molecule has 0 aromatic carbocycles. The third-order valence-electron chi connectivity index (χ3n) is 3.16. The molecule has 3 rings (SSSR count). The number of rotatable bonds is 1. The van der Waals surface area contributed by atoms with E-state index in [1.54, 1.807) is 0 Å². The van der Waals surface area contributed by atoms with Crippen LogP contribution in [-0.2, 0) is 12.8 Å². The van der Waals surface area contributed by atoms with Gasteiger partial charge in [0.25, 0.3) is 0 Å². The molecule has 2 aromatic heterocycles. The van der Waals surface area contributed by atoms with E-state index in [9.17, 15) is 0 Å². The molecule has 0 amide bonds. The predicted molar refractivity (Wildman–Crippen MR) is 68.9 cm³/mol. The van der Waals surface area contributed by atoms with Gasteiger partial charge in [0.2, 0.25) is 5.13 Å². The summed E-state index contributed by atoms with van der Waals surface area (Å²) in [6, 6.07) is 2.22. The van der Waals surface area contributed by atoms with Crippen molar-refractivity contribution in [2.45, 2.75) is 32.6 Å². The highest BCUT2D eigenvalue weighted by Crippen LogP contribution is 2.30. The second-order valence-corrected chi connectivity index (χ2v) is 5.39. The molecule has 4 nitrogen and oxygen atoms in total. The molecule has 88 valence electrons. The number of fused-ring (bicyclic) bond motifs is 1. The normalized spacial score (nSPS) is 14.6. The number of hydrogen-bond donors (Lipinski definition) is 1. The first-order valence-corrected chi connectivity index (χ1v) is 6.64. The Labute approximate surface area is 104 Å². The minimum atomic E-state index is 0.511. The van der Waals surface area contributed by atoms with Crippen molar-refractivity contribution in [2.24, 2.45) is 0 Å². The van der Waals surface area contributed by atoms with Crippen molar-refractivity contribution in [3.8, 4) is 10.6 Å². The van der Waals surface area contributed by atoms with E-state index < -0.39 is 0 Å². The van der Waals surface area contributed by atoms with Crippen LogP contribution in [0.15, 0.2) is 6.07 Å². The fourth-order valence-corrected chi connectivity index (χ4v) is 2.98. The molecule has 17 heavy (non-hydrogen) atoms. The van der Waals surface area contributed by atoms with Crippen LogP contribution in [0.3, 0.4) is 0 Å². The molecule has 0 fully saturated rings. The third kappa shape index (κ3) is 1.91. The number of pyridine rings is 1. The number of aryl methyl sites for hydroxylation is 3. The van der Waals surface area contributed by atoms with Crippen LogP contribution in [0, 0.1) is 6.92 Å². The Morgan fingerprint density at radius 3 is 2.82 bits per heavy atom. The van der Waals surface area contributed by atoms with Gasteiger partial charge in [0.15, 0.2) is 5.01 Å². The van der Waals surface area contributed by atoms with Crippen LogP contribution in [0.25, 0.3) is 10.6 Å². The van der Waals surface area contributed by atoms with Crippen molar-refractivity contribution < 1.29 is 0 Å². The van der Waals surface area contributed by atoms with Gasteiger partial charge in [0, 0.05) is 17.0 Å². The Kier molecular flexibility index (Phi) is 2.55. The summed E-state index contributed by atoms with van der Waals surface area (Å²) >= 11 is 1.42. The van der Waals surface area contributed by atoms with Gasteiger partial charge in [0.1, 0.15) is 0 Å². The van der Waals surface area contributed by atoms with Crippen LogP contribution in [-0.4, -0.2) is 15.2 Å². The highest BCUT2D eigenvalue weighted by Gasteiger charge is 2.16. The summed E-state index contributed by atoms with van der Waals surface area (Å²) in [4.78, 5) is 4.70. The molecule has 1 aliphatic rings. The summed E-state index contributed by atoms with van der Waals surface area (Å²) in [5.74, 6) is 0. The molecule has 5 heteroatoms. The molecule has 2 heterocycles. The maximum absolute atomic E-state index is 5.63. The van der Waals surface area contributed by atoms with Crippen LogP contribution < -0.4 is 5.73 Å². The van der Waals surface area contributed by atoms with Crippen LogP contribution in [0.4, 0.5) is 5.13 Å². The zero-order chi connectivity index (χ0) is 11.8. The lowest BCUT2D eigenvalue weighted by molar-refractivity contribution is 0.666. The first-order chi connectivity index (χ1) is 8.24. The SMILES string of the molecule is Cc1nc2c(cc1-c1nnc(N)s1)CCCC2. The summed E-state index contributed by atoms with van der Waals surface area (Å²) in [6.45, 7) is 2.03. The Morgan fingerprint density at radius 1 is 1.24 bits per heavy atom. The number of anilines is 1. The molecular formula is C12H14N4S. The van der Waals surface area contributed by atoms with Crippen LogP contribution in [0.1, 0.15) is 29.8 Å². The number of nitrogens with zero attached hydrogens (tertiary/aromatic N) is 3. The molecule has 0 atom stereocenters. The zero-order valence-electron chi connectivity index (χ0n) is 9.73. The maximum atomic E-state index is 5.63. The zero-order valence-corrected chi connectivity index (χ0v) is 10.5. The van der Waals surface area contributed by atoms with Gasteiger partial charge in [-0.05, 0) is 44.2 Å². The molecule has 0 spiro atoms. The molecule has 0 aliphatic heterocycles. The van der Waals surface area contributed by atoms with Gasteiger partial charge in [0.05, 0.1) is 0 Å². The number of hydrogen-bond acceptors (Lipinski definition) is 5. The van der Waals surface area contributed by atoms with E-state index in [1.807, 2.05) is 6.92 Å². The lowest BCUT2D eigenvalue weighted by atomic mass is 9.94. The molecule has 0 saturated heterocycles. The Balaban J connectivity index is 2.11. The van der Waals surface area contributed by atoms with Gasteiger partial charge in [-0.15, -0.1) is 10.2 Å². The van der Waals surface area contributed by atoms with E-state index in [-0.39, 0.29) is 0 Å². The average Bonchev–Trinajstić information content (AvgIpc) is 2.75. The van der Waals surface area contributed by atoms with Gasteiger partial charge >= 0.3 is 0 Å². The third-order valence-corrected chi connectivity index (χ3v) is 3.95. The van der Waals surface area contributed by atoms with Crippen molar-refractivity contribution in [3.05, 3.63) is 23.0 Å². The Hall–Kier alpha value is -1.49. The minimum absolute atomic E-state index is 0.511. The highest BCUT2D eigenvalue weighted by atomic mass is 32.1. The summed E-state index contributed by atoms with van der Waals surface area (Å²) in [5, 5.41) is 9.35. The van der Waals surface area contributed by atoms with Gasteiger partial charge < -0.3 is 5.73 Å². The van der Waals surface area contributed by atoms with Crippen LogP contribution >= 0.6 is 11.3 Å². The molecule has 0 bridgehead atoms. The molecule has 2 N–H and O–H groups in total. The summed E-state index contributed by atoms with van der Waals surface area (Å²) in [6.07, 6.45) is 4.75. The van der Waals surface area contributed by atoms with Crippen LogP contribution in [0.5, 0.6) is 0 Å². The Bertz CT molecular complexity index is 562. The van der Waals surface area contributed by atoms with E-state index in [0.717, 1.165) is 29.1 Å². The molecule has 0 radical (unpaired) electrons. The fraction of sp³-hybridized carbons (Fsp3) is 0.417. The maximum Gasteiger partial charge on any atom is 0.203 e. The van der Waals surface area contributed by atoms with Gasteiger partial charge in [-0.2, -0.15) is 0 Å². The monoisotopic (exact) mass is 246 g/mol. The predicted octanol–water partition coefficient (Wildman–Crippen LogP) is 2.37. The van der Waals surface area contributed by atoms with E-state index >= 15 is 0 Å². The van der Waals surface area contributed by atoms with Crippen molar-refractivity contribution >= 4 is 16.5 Å². The van der Waals surface area contributed by atoms with Gasteiger partial charge in [-0.25, -0.2) is 0 Å².